The van der Waals surface area contributed by atoms with E-state index in [0.29, 0.717) is 0 Å². The van der Waals surface area contributed by atoms with E-state index in [1.54, 1.807) is 0 Å². The zero-order valence-corrected chi connectivity index (χ0v) is 11.6. The summed E-state index contributed by atoms with van der Waals surface area (Å²) in [5, 5.41) is 11.1. The average Bonchev–Trinajstić information content (AvgIpc) is 2.36. The lowest BCUT2D eigenvalue weighted by atomic mass is 9.98. The first kappa shape index (κ1) is 13.5. The summed E-state index contributed by atoms with van der Waals surface area (Å²) in [7, 11) is 0. The fraction of sp³-hybridized carbons (Fsp3) is 1.00. The van der Waals surface area contributed by atoms with Gasteiger partial charge in [-0.15, -0.1) is 0 Å². The topological polar surface area (TPSA) is 23.5 Å². The highest BCUT2D eigenvalue weighted by molar-refractivity contribution is 9.09. The number of nitrogens with zero attached hydrogens (tertiary/aromatic N) is 1. The predicted molar refractivity (Wildman–Crippen MR) is 68.5 cm³/mol. The van der Waals surface area contributed by atoms with Gasteiger partial charge in [0.25, 0.3) is 0 Å². The molecule has 2 atom stereocenters. The third-order valence-electron chi connectivity index (χ3n) is 3.47. The lowest BCUT2D eigenvalue weighted by molar-refractivity contribution is 0.0442. The highest BCUT2D eigenvalue weighted by atomic mass is 79.9. The molecule has 15 heavy (non-hydrogen) atoms. The summed E-state index contributed by atoms with van der Waals surface area (Å²) in [6, 6.07) is 0. The van der Waals surface area contributed by atoms with Gasteiger partial charge >= 0.3 is 0 Å². The Labute approximate surface area is 102 Å². The quantitative estimate of drug-likeness (QED) is 0.799. The zero-order chi connectivity index (χ0) is 11.3. The van der Waals surface area contributed by atoms with Gasteiger partial charge in [-0.1, -0.05) is 29.3 Å². The van der Waals surface area contributed by atoms with Crippen molar-refractivity contribution in [3.63, 3.8) is 0 Å². The van der Waals surface area contributed by atoms with E-state index in [1.807, 2.05) is 6.92 Å². The molecular weight excluding hydrogens is 254 g/mol. The van der Waals surface area contributed by atoms with Crippen LogP contribution in [0.1, 0.15) is 39.5 Å². The maximum absolute atomic E-state index is 9.98. The van der Waals surface area contributed by atoms with Crippen molar-refractivity contribution in [2.75, 3.05) is 25.0 Å². The molecule has 0 saturated carbocycles. The van der Waals surface area contributed by atoms with Crippen molar-refractivity contribution in [2.45, 2.75) is 45.1 Å². The van der Waals surface area contributed by atoms with Gasteiger partial charge in [0.2, 0.25) is 0 Å². The molecule has 0 aromatic carbocycles. The number of halogens is 1. The fourth-order valence-corrected chi connectivity index (χ4v) is 2.82. The smallest absolute Gasteiger partial charge is 0.0632 e. The van der Waals surface area contributed by atoms with Crippen molar-refractivity contribution in [3.05, 3.63) is 0 Å². The third kappa shape index (κ3) is 4.83. The maximum atomic E-state index is 9.98. The zero-order valence-electron chi connectivity index (χ0n) is 10.0. The largest absolute Gasteiger partial charge is 0.390 e. The summed E-state index contributed by atoms with van der Waals surface area (Å²) in [6.07, 6.45) is 4.24. The molecule has 0 radical (unpaired) electrons. The van der Waals surface area contributed by atoms with Crippen molar-refractivity contribution in [3.8, 4) is 0 Å². The highest BCUT2D eigenvalue weighted by Gasteiger charge is 2.25. The minimum atomic E-state index is -0.426. The molecule has 0 spiro atoms. The molecule has 0 amide bonds. The fourth-order valence-electron chi connectivity index (χ4n) is 2.15. The van der Waals surface area contributed by atoms with Crippen molar-refractivity contribution < 1.29 is 5.11 Å². The number of alkyl halides is 1. The van der Waals surface area contributed by atoms with Crippen LogP contribution in [0.2, 0.25) is 0 Å². The molecule has 1 aliphatic rings. The minimum absolute atomic E-state index is 0.426. The third-order valence-corrected chi connectivity index (χ3v) is 4.38. The van der Waals surface area contributed by atoms with Gasteiger partial charge in [0.15, 0.2) is 0 Å². The Balaban J connectivity index is 2.37. The second-order valence-electron chi connectivity index (χ2n) is 5.08. The number of rotatable bonds is 4. The Morgan fingerprint density at radius 3 is 2.73 bits per heavy atom. The first-order valence-corrected chi connectivity index (χ1v) is 7.20. The Hall–Kier alpha value is 0.400. The van der Waals surface area contributed by atoms with Crippen LogP contribution in [0.25, 0.3) is 0 Å². The van der Waals surface area contributed by atoms with E-state index in [1.165, 1.54) is 13.0 Å². The summed E-state index contributed by atoms with van der Waals surface area (Å²) in [6.45, 7) is 7.60. The molecule has 1 rings (SSSR count). The molecule has 0 aromatic rings. The van der Waals surface area contributed by atoms with Gasteiger partial charge in [0.05, 0.1) is 5.60 Å². The van der Waals surface area contributed by atoms with Crippen LogP contribution in [0.3, 0.4) is 0 Å². The molecule has 1 saturated heterocycles. The molecule has 1 heterocycles. The molecule has 2 unspecified atom stereocenters. The van der Waals surface area contributed by atoms with E-state index < -0.39 is 5.60 Å². The van der Waals surface area contributed by atoms with E-state index in [0.717, 1.165) is 43.6 Å². The van der Waals surface area contributed by atoms with Crippen molar-refractivity contribution in [2.24, 2.45) is 5.92 Å². The minimum Gasteiger partial charge on any atom is -0.390 e. The van der Waals surface area contributed by atoms with Gasteiger partial charge in [-0.25, -0.2) is 0 Å². The van der Waals surface area contributed by atoms with E-state index in [2.05, 4.69) is 27.8 Å². The Bertz CT molecular complexity index is 180. The lowest BCUT2D eigenvalue weighted by Gasteiger charge is -2.25. The van der Waals surface area contributed by atoms with Crippen LogP contribution >= 0.6 is 15.9 Å². The molecule has 90 valence electrons. The number of likely N-dealkylation sites (tertiary alicyclic amines) is 1. The van der Waals surface area contributed by atoms with Gasteiger partial charge < -0.3 is 10.0 Å². The first-order chi connectivity index (χ1) is 7.07. The maximum Gasteiger partial charge on any atom is 0.0632 e. The standard InChI is InChI=1S/C12H24BrNO/c1-3-11(9-13)10-14-7-4-5-12(2,15)6-8-14/h11,15H,3-10H2,1-2H3. The highest BCUT2D eigenvalue weighted by Crippen LogP contribution is 2.22. The van der Waals surface area contributed by atoms with Crippen LogP contribution in [0.4, 0.5) is 0 Å². The summed E-state index contributed by atoms with van der Waals surface area (Å²) in [5.41, 5.74) is -0.426. The van der Waals surface area contributed by atoms with Gasteiger partial charge in [-0.05, 0) is 38.6 Å². The van der Waals surface area contributed by atoms with Gasteiger partial charge in [-0.2, -0.15) is 0 Å². The van der Waals surface area contributed by atoms with Crippen LogP contribution in [0.5, 0.6) is 0 Å². The number of hydrogen-bond donors (Lipinski definition) is 1. The van der Waals surface area contributed by atoms with Crippen LogP contribution in [-0.2, 0) is 0 Å². The molecule has 0 aliphatic carbocycles. The van der Waals surface area contributed by atoms with Crippen molar-refractivity contribution in [1.29, 1.82) is 0 Å². The first-order valence-electron chi connectivity index (χ1n) is 6.08. The molecule has 1 aliphatic heterocycles. The summed E-state index contributed by atoms with van der Waals surface area (Å²) in [4.78, 5) is 2.51. The predicted octanol–water partition coefficient (Wildman–Crippen LogP) is 2.64. The molecule has 1 N–H and O–H groups in total. The average molecular weight is 278 g/mol. The van der Waals surface area contributed by atoms with Crippen LogP contribution in [-0.4, -0.2) is 40.6 Å². The number of aliphatic hydroxyl groups is 1. The molecule has 0 aromatic heterocycles. The lowest BCUT2D eigenvalue weighted by Crippen LogP contribution is -2.32. The Kier molecular flexibility index (Phi) is 5.58. The van der Waals surface area contributed by atoms with Gasteiger partial charge in [0, 0.05) is 18.4 Å². The Morgan fingerprint density at radius 2 is 2.13 bits per heavy atom. The summed E-state index contributed by atoms with van der Waals surface area (Å²) in [5.74, 6) is 0.757. The van der Waals surface area contributed by atoms with Gasteiger partial charge in [0.1, 0.15) is 0 Å². The molecule has 2 nitrogen and oxygen atoms in total. The van der Waals surface area contributed by atoms with Crippen LogP contribution < -0.4 is 0 Å². The molecule has 1 fully saturated rings. The molecule has 0 bridgehead atoms. The van der Waals surface area contributed by atoms with E-state index >= 15 is 0 Å². The van der Waals surface area contributed by atoms with Crippen LogP contribution in [0.15, 0.2) is 0 Å². The van der Waals surface area contributed by atoms with E-state index in [9.17, 15) is 5.11 Å². The monoisotopic (exact) mass is 277 g/mol. The van der Waals surface area contributed by atoms with E-state index in [-0.39, 0.29) is 0 Å². The summed E-state index contributed by atoms with van der Waals surface area (Å²) < 4.78 is 0. The number of hydrogen-bond acceptors (Lipinski definition) is 2. The molecule has 3 heteroatoms. The van der Waals surface area contributed by atoms with E-state index in [4.69, 9.17) is 0 Å². The van der Waals surface area contributed by atoms with Crippen molar-refractivity contribution in [1.82, 2.24) is 4.90 Å². The van der Waals surface area contributed by atoms with Gasteiger partial charge in [-0.3, -0.25) is 0 Å². The SMILES string of the molecule is CCC(CBr)CN1CCCC(C)(O)CC1. The Morgan fingerprint density at radius 1 is 1.40 bits per heavy atom. The van der Waals surface area contributed by atoms with Crippen molar-refractivity contribution >= 4 is 15.9 Å². The second kappa shape index (κ2) is 6.21. The van der Waals surface area contributed by atoms with Crippen LogP contribution in [0, 0.1) is 5.92 Å². The second-order valence-corrected chi connectivity index (χ2v) is 5.73. The molecular formula is C12H24BrNO. The normalized spacial score (nSPS) is 31.2. The summed E-state index contributed by atoms with van der Waals surface area (Å²) >= 11 is 3.57.